The molecule has 2 aliphatic rings. The monoisotopic (exact) mass is 731 g/mol. The molecule has 4 aromatic carbocycles. The van der Waals surface area contributed by atoms with Crippen LogP contribution < -0.4 is 9.80 Å². The third kappa shape index (κ3) is 8.38. The van der Waals surface area contributed by atoms with E-state index in [9.17, 15) is 9.90 Å². The summed E-state index contributed by atoms with van der Waals surface area (Å²) in [4.78, 5) is 21.5. The number of aliphatic carboxylic acids is 1. The van der Waals surface area contributed by atoms with E-state index in [4.69, 9.17) is 6.57 Å². The number of carboxylic acid groups (broad SMARTS) is 1. The minimum atomic E-state index is -1.21. The van der Waals surface area contributed by atoms with Gasteiger partial charge in [0.1, 0.15) is 0 Å². The van der Waals surface area contributed by atoms with Crippen LogP contribution in [0.2, 0.25) is 0 Å². The van der Waals surface area contributed by atoms with Crippen LogP contribution in [0.4, 0.5) is 22.7 Å². The summed E-state index contributed by atoms with van der Waals surface area (Å²) in [6.07, 6.45) is 15.0. The van der Waals surface area contributed by atoms with Crippen molar-refractivity contribution in [1.82, 2.24) is 0 Å². The predicted octanol–water partition coefficient (Wildman–Crippen LogP) is 12.5. The van der Waals surface area contributed by atoms with Gasteiger partial charge in [0.05, 0.1) is 6.57 Å². The van der Waals surface area contributed by atoms with Gasteiger partial charge in [-0.15, -0.1) is 11.3 Å². The van der Waals surface area contributed by atoms with Gasteiger partial charge in [0.25, 0.3) is 5.70 Å². The zero-order valence-electron chi connectivity index (χ0n) is 31.5. The summed E-state index contributed by atoms with van der Waals surface area (Å²) in [6, 6.07) is 36.1. The third-order valence-electron chi connectivity index (χ3n) is 10.7. The number of hydrogen-bond donors (Lipinski definition) is 1. The maximum atomic E-state index is 11.6. The van der Waals surface area contributed by atoms with Crippen LogP contribution in [0.15, 0.2) is 103 Å². The Bertz CT molecular complexity index is 2090. The summed E-state index contributed by atoms with van der Waals surface area (Å²) in [6.45, 7) is 13.8. The SMILES string of the molecule is [C-]#[N+]/C(=C\c1ccc(C=C(c2ccc3c(c2)CCCN3c2ccc(CCCC)cc2)c2ccc3c(c2)CCCN3c2ccc(CCCC)cc2)s1)C(=O)O. The predicted molar refractivity (Wildman–Crippen MR) is 227 cm³/mol. The molecule has 1 aromatic heterocycles. The molecule has 0 atom stereocenters. The first-order valence-corrected chi connectivity index (χ1v) is 20.4. The molecule has 2 aliphatic heterocycles. The Morgan fingerprint density at radius 1 is 0.704 bits per heavy atom. The van der Waals surface area contributed by atoms with Crippen molar-refractivity contribution < 1.29 is 9.90 Å². The van der Waals surface area contributed by atoms with Gasteiger partial charge in [0.2, 0.25) is 0 Å². The van der Waals surface area contributed by atoms with Crippen molar-refractivity contribution in [3.63, 3.8) is 0 Å². The highest BCUT2D eigenvalue weighted by Crippen LogP contribution is 2.40. The van der Waals surface area contributed by atoms with Crippen LogP contribution in [-0.4, -0.2) is 24.2 Å². The molecular formula is C48H49N3O2S. The number of carbonyl (C=O) groups is 1. The number of aryl methyl sites for hydroxylation is 4. The molecule has 274 valence electrons. The van der Waals surface area contributed by atoms with Gasteiger partial charge < -0.3 is 14.9 Å². The third-order valence-corrected chi connectivity index (χ3v) is 11.7. The molecule has 54 heavy (non-hydrogen) atoms. The first kappa shape index (κ1) is 37.0. The van der Waals surface area contributed by atoms with Crippen LogP contribution in [0.25, 0.3) is 22.6 Å². The summed E-state index contributed by atoms with van der Waals surface area (Å²) < 4.78 is 0. The molecule has 0 fully saturated rings. The first-order chi connectivity index (χ1) is 26.4. The minimum Gasteiger partial charge on any atom is -0.486 e. The Morgan fingerprint density at radius 2 is 1.19 bits per heavy atom. The van der Waals surface area contributed by atoms with E-state index >= 15 is 0 Å². The van der Waals surface area contributed by atoms with Crippen molar-refractivity contribution in [2.24, 2.45) is 0 Å². The van der Waals surface area contributed by atoms with Crippen molar-refractivity contribution >= 4 is 57.8 Å². The van der Waals surface area contributed by atoms with Crippen molar-refractivity contribution in [3.8, 4) is 0 Å². The van der Waals surface area contributed by atoms with Crippen LogP contribution in [0.5, 0.6) is 0 Å². The van der Waals surface area contributed by atoms with Gasteiger partial charge in [-0.3, -0.25) is 4.79 Å². The number of hydrogen-bond acceptors (Lipinski definition) is 4. The molecule has 0 unspecified atom stereocenters. The molecule has 0 radical (unpaired) electrons. The molecule has 0 spiro atoms. The highest BCUT2D eigenvalue weighted by atomic mass is 32.1. The van der Waals surface area contributed by atoms with E-state index in [1.807, 2.05) is 12.1 Å². The van der Waals surface area contributed by atoms with E-state index in [0.29, 0.717) is 0 Å². The maximum absolute atomic E-state index is 11.6. The van der Waals surface area contributed by atoms with Gasteiger partial charge in [-0.1, -0.05) is 63.1 Å². The summed E-state index contributed by atoms with van der Waals surface area (Å²) in [5.41, 5.74) is 13.7. The number of anilines is 4. The van der Waals surface area contributed by atoms with E-state index in [-0.39, 0.29) is 5.70 Å². The Balaban J connectivity index is 1.25. The summed E-state index contributed by atoms with van der Waals surface area (Å²) in [7, 11) is 0. The van der Waals surface area contributed by atoms with Crippen molar-refractivity contribution in [2.75, 3.05) is 22.9 Å². The lowest BCUT2D eigenvalue weighted by Crippen LogP contribution is -2.24. The number of carboxylic acids is 1. The largest absolute Gasteiger partial charge is 0.486 e. The quantitative estimate of drug-likeness (QED) is 0.0967. The smallest absolute Gasteiger partial charge is 0.333 e. The fourth-order valence-electron chi connectivity index (χ4n) is 7.79. The molecule has 6 heteroatoms. The molecule has 7 rings (SSSR count). The van der Waals surface area contributed by atoms with Crippen LogP contribution in [0, 0.1) is 6.57 Å². The molecule has 0 saturated carbocycles. The zero-order valence-corrected chi connectivity index (χ0v) is 32.3. The van der Waals surface area contributed by atoms with E-state index in [2.05, 4.69) is 119 Å². The molecular weight excluding hydrogens is 683 g/mol. The van der Waals surface area contributed by atoms with Gasteiger partial charge in [-0.05, 0) is 163 Å². The molecule has 0 amide bonds. The maximum Gasteiger partial charge on any atom is 0.333 e. The second-order valence-electron chi connectivity index (χ2n) is 14.5. The molecule has 3 heterocycles. The highest BCUT2D eigenvalue weighted by molar-refractivity contribution is 7.13. The lowest BCUT2D eigenvalue weighted by atomic mass is 9.90. The average Bonchev–Trinajstić information content (AvgIpc) is 3.66. The Hall–Kier alpha value is -5.38. The number of nitrogens with zero attached hydrogens (tertiary/aromatic N) is 3. The van der Waals surface area contributed by atoms with Gasteiger partial charge in [-0.2, -0.15) is 0 Å². The van der Waals surface area contributed by atoms with E-state index < -0.39 is 5.97 Å². The van der Waals surface area contributed by atoms with E-state index in [1.54, 1.807) is 0 Å². The normalized spacial score (nSPS) is 13.9. The fraction of sp³-hybridized carbons (Fsp3) is 0.292. The number of fused-ring (bicyclic) bond motifs is 2. The van der Waals surface area contributed by atoms with Crippen molar-refractivity contribution in [2.45, 2.75) is 78.1 Å². The minimum absolute atomic E-state index is 0.280. The Kier molecular flexibility index (Phi) is 11.8. The molecule has 0 bridgehead atoms. The Labute approximate surface area is 324 Å². The second kappa shape index (κ2) is 17.2. The summed E-state index contributed by atoms with van der Waals surface area (Å²) in [5, 5.41) is 9.45. The molecule has 1 N–H and O–H groups in total. The van der Waals surface area contributed by atoms with Crippen LogP contribution >= 0.6 is 11.3 Å². The van der Waals surface area contributed by atoms with Gasteiger partial charge >= 0.3 is 5.97 Å². The first-order valence-electron chi connectivity index (χ1n) is 19.6. The number of thiophene rings is 1. The molecule has 0 saturated heterocycles. The van der Waals surface area contributed by atoms with E-state index in [1.165, 1.54) is 99.2 Å². The van der Waals surface area contributed by atoms with Crippen molar-refractivity contribution in [3.05, 3.63) is 157 Å². The lowest BCUT2D eigenvalue weighted by Gasteiger charge is -2.33. The van der Waals surface area contributed by atoms with Crippen LogP contribution in [0.3, 0.4) is 0 Å². The van der Waals surface area contributed by atoms with Gasteiger partial charge in [0, 0.05) is 45.6 Å². The highest BCUT2D eigenvalue weighted by Gasteiger charge is 2.23. The second-order valence-corrected chi connectivity index (χ2v) is 15.6. The standard InChI is InChI=1S/C48H49N3O2S/c1-4-6-10-34-14-20-40(21-15-34)50-28-8-12-38-30-36(18-26-46(38)50)44(32-42-24-25-43(54-42)33-45(49-3)48(52)53)37-19-27-47-39(31-37)13-9-29-51(47)41-22-16-35(17-23-41)11-7-5-2/h14-27,30-33H,4-13,28-29H2,1-2H3,(H,52,53)/b45-33-. The molecule has 5 nitrogen and oxygen atoms in total. The average molecular weight is 732 g/mol. The van der Waals surface area contributed by atoms with Crippen molar-refractivity contribution in [1.29, 1.82) is 0 Å². The fourth-order valence-corrected chi connectivity index (χ4v) is 8.68. The van der Waals surface area contributed by atoms with Crippen LogP contribution in [-0.2, 0) is 30.5 Å². The number of benzene rings is 4. The lowest BCUT2D eigenvalue weighted by molar-refractivity contribution is -0.132. The van der Waals surface area contributed by atoms with Crippen LogP contribution in [0.1, 0.15) is 95.5 Å². The van der Waals surface area contributed by atoms with E-state index in [0.717, 1.165) is 66.9 Å². The summed E-state index contributed by atoms with van der Waals surface area (Å²) >= 11 is 1.50. The zero-order chi connectivity index (χ0) is 37.4. The number of unbranched alkanes of at least 4 members (excludes halogenated alkanes) is 2. The summed E-state index contributed by atoms with van der Waals surface area (Å²) in [5.74, 6) is -1.21. The number of rotatable bonds is 13. The van der Waals surface area contributed by atoms with Gasteiger partial charge in [-0.25, -0.2) is 4.85 Å². The topological polar surface area (TPSA) is 48.1 Å². The molecule has 0 aliphatic carbocycles. The van der Waals surface area contributed by atoms with Gasteiger partial charge in [0.15, 0.2) is 0 Å². The molecule has 5 aromatic rings. The Morgan fingerprint density at radius 3 is 1.63 bits per heavy atom.